The smallest absolute Gasteiger partial charge is 0.315 e. The predicted octanol–water partition coefficient (Wildman–Crippen LogP) is 1.42. The molecule has 1 aromatic rings. The molecule has 0 aliphatic heterocycles. The average molecular weight is 300 g/mol. The molecule has 0 radical (unpaired) electrons. The van der Waals surface area contributed by atoms with Crippen LogP contribution in [0.3, 0.4) is 0 Å². The first-order valence-corrected chi connectivity index (χ1v) is 7.57. The van der Waals surface area contributed by atoms with E-state index in [1.54, 1.807) is 0 Å². The van der Waals surface area contributed by atoms with Gasteiger partial charge in [-0.3, -0.25) is 0 Å². The number of aromatic nitrogens is 1. The van der Waals surface area contributed by atoms with Gasteiger partial charge in [-0.2, -0.15) is 0 Å². The summed E-state index contributed by atoms with van der Waals surface area (Å²) in [6.07, 6.45) is 0.755. The van der Waals surface area contributed by atoms with E-state index in [-0.39, 0.29) is 18.7 Å². The third-order valence-electron chi connectivity index (χ3n) is 2.66. The van der Waals surface area contributed by atoms with Gasteiger partial charge in [0.25, 0.3) is 0 Å². The van der Waals surface area contributed by atoms with Gasteiger partial charge < -0.3 is 20.6 Å². The van der Waals surface area contributed by atoms with Crippen LogP contribution in [-0.4, -0.2) is 42.9 Å². The summed E-state index contributed by atoms with van der Waals surface area (Å²) in [5.74, 6) is 0.425. The third-order valence-corrected chi connectivity index (χ3v) is 3.72. The summed E-state index contributed by atoms with van der Waals surface area (Å²) in [6.45, 7) is 4.45. The minimum absolute atomic E-state index is 0.0485. The predicted molar refractivity (Wildman–Crippen MR) is 82.1 cm³/mol. The van der Waals surface area contributed by atoms with Crippen molar-refractivity contribution in [3.05, 3.63) is 11.1 Å². The van der Waals surface area contributed by atoms with Crippen molar-refractivity contribution in [2.45, 2.75) is 32.9 Å². The lowest BCUT2D eigenvalue weighted by atomic mass is 10.0. The Bertz CT molecular complexity index is 420. The number of rotatable bonds is 7. The van der Waals surface area contributed by atoms with E-state index in [0.717, 1.165) is 17.2 Å². The molecule has 1 atom stereocenters. The number of hydrogen-bond acceptors (Lipinski definition) is 5. The Labute approximate surface area is 124 Å². The first-order chi connectivity index (χ1) is 9.42. The highest BCUT2D eigenvalue weighted by atomic mass is 32.1. The normalized spacial score (nSPS) is 12.3. The molecular weight excluding hydrogens is 276 g/mol. The maximum atomic E-state index is 11.7. The molecule has 0 spiro atoms. The molecule has 0 saturated carbocycles. The molecule has 2 amide bonds. The highest BCUT2D eigenvalue weighted by molar-refractivity contribution is 7.13. The summed E-state index contributed by atoms with van der Waals surface area (Å²) in [5, 5.41) is 17.6. The van der Waals surface area contributed by atoms with Gasteiger partial charge in [0.05, 0.1) is 24.9 Å². The maximum absolute atomic E-state index is 11.7. The van der Waals surface area contributed by atoms with E-state index in [2.05, 4.69) is 29.5 Å². The van der Waals surface area contributed by atoms with Gasteiger partial charge in [-0.1, -0.05) is 13.8 Å². The summed E-state index contributed by atoms with van der Waals surface area (Å²) in [5.41, 5.74) is 0.832. The topological polar surface area (TPSA) is 77.5 Å². The SMILES string of the molecule is CC(C)C[C@H](CO)NC(=O)NCc1csc(N(C)C)n1. The number of carbonyl (C=O) groups is 1. The summed E-state index contributed by atoms with van der Waals surface area (Å²) in [4.78, 5) is 18.1. The Morgan fingerprint density at radius 3 is 2.70 bits per heavy atom. The van der Waals surface area contributed by atoms with Crippen molar-refractivity contribution >= 4 is 22.5 Å². The first-order valence-electron chi connectivity index (χ1n) is 6.69. The van der Waals surface area contributed by atoms with E-state index in [0.29, 0.717) is 12.5 Å². The second-order valence-electron chi connectivity index (χ2n) is 5.35. The Balaban J connectivity index is 2.38. The molecule has 114 valence electrons. The van der Waals surface area contributed by atoms with Crippen molar-refractivity contribution in [2.75, 3.05) is 25.6 Å². The molecule has 1 heterocycles. The fraction of sp³-hybridized carbons (Fsp3) is 0.692. The molecule has 1 rings (SSSR count). The molecule has 0 fully saturated rings. The number of hydrogen-bond donors (Lipinski definition) is 3. The summed E-state index contributed by atoms with van der Waals surface area (Å²) in [7, 11) is 3.86. The second kappa shape index (κ2) is 8.06. The van der Waals surface area contributed by atoms with Crippen LogP contribution in [0, 0.1) is 5.92 Å². The van der Waals surface area contributed by atoms with E-state index < -0.39 is 0 Å². The van der Waals surface area contributed by atoms with Crippen LogP contribution in [0.2, 0.25) is 0 Å². The number of nitrogens with zero attached hydrogens (tertiary/aromatic N) is 2. The Kier molecular flexibility index (Phi) is 6.74. The minimum atomic E-state index is -0.274. The van der Waals surface area contributed by atoms with Crippen LogP contribution < -0.4 is 15.5 Å². The number of nitrogens with one attached hydrogen (secondary N) is 2. The molecular formula is C13H24N4O2S. The zero-order chi connectivity index (χ0) is 15.1. The molecule has 0 aliphatic rings. The van der Waals surface area contributed by atoms with Crippen molar-refractivity contribution in [3.63, 3.8) is 0 Å². The molecule has 0 bridgehead atoms. The van der Waals surface area contributed by atoms with Crippen LogP contribution in [0.5, 0.6) is 0 Å². The van der Waals surface area contributed by atoms with Gasteiger partial charge in [0.2, 0.25) is 0 Å². The summed E-state index contributed by atoms with van der Waals surface area (Å²) in [6, 6.07) is -0.480. The quantitative estimate of drug-likeness (QED) is 0.711. The summed E-state index contributed by atoms with van der Waals surface area (Å²) >= 11 is 1.54. The number of urea groups is 1. The van der Waals surface area contributed by atoms with Gasteiger partial charge >= 0.3 is 6.03 Å². The van der Waals surface area contributed by atoms with E-state index in [1.807, 2.05) is 24.4 Å². The molecule has 3 N–H and O–H groups in total. The molecule has 0 aliphatic carbocycles. The molecule has 6 nitrogen and oxygen atoms in total. The zero-order valence-electron chi connectivity index (χ0n) is 12.5. The minimum Gasteiger partial charge on any atom is -0.394 e. The largest absolute Gasteiger partial charge is 0.394 e. The summed E-state index contributed by atoms with van der Waals surface area (Å²) < 4.78 is 0. The fourth-order valence-corrected chi connectivity index (χ4v) is 2.50. The molecule has 0 unspecified atom stereocenters. The molecule has 0 aromatic carbocycles. The molecule has 1 aromatic heterocycles. The fourth-order valence-electron chi connectivity index (χ4n) is 1.74. The highest BCUT2D eigenvalue weighted by Crippen LogP contribution is 2.17. The molecule has 0 saturated heterocycles. The van der Waals surface area contributed by atoms with E-state index in [4.69, 9.17) is 0 Å². The van der Waals surface area contributed by atoms with Crippen LogP contribution in [-0.2, 0) is 6.54 Å². The number of anilines is 1. The van der Waals surface area contributed by atoms with Crippen LogP contribution >= 0.6 is 11.3 Å². The highest BCUT2D eigenvalue weighted by Gasteiger charge is 2.13. The standard InChI is InChI=1S/C13H24N4O2S/c1-9(2)5-10(7-18)15-12(19)14-6-11-8-20-13(16-11)17(3)4/h8-10,18H,5-7H2,1-4H3,(H2,14,15,19)/t10-/m1/s1. The van der Waals surface area contributed by atoms with Crippen molar-refractivity contribution in [2.24, 2.45) is 5.92 Å². The Morgan fingerprint density at radius 1 is 1.50 bits per heavy atom. The maximum Gasteiger partial charge on any atom is 0.315 e. The number of amides is 2. The Hall–Kier alpha value is -1.34. The van der Waals surface area contributed by atoms with Gasteiger partial charge in [0, 0.05) is 19.5 Å². The van der Waals surface area contributed by atoms with Crippen molar-refractivity contribution in [1.82, 2.24) is 15.6 Å². The van der Waals surface area contributed by atoms with Crippen molar-refractivity contribution < 1.29 is 9.90 Å². The van der Waals surface area contributed by atoms with Crippen molar-refractivity contribution in [3.8, 4) is 0 Å². The Morgan fingerprint density at radius 2 is 2.20 bits per heavy atom. The zero-order valence-corrected chi connectivity index (χ0v) is 13.3. The molecule has 7 heteroatoms. The van der Waals surface area contributed by atoms with Crippen LogP contribution in [0.15, 0.2) is 5.38 Å². The van der Waals surface area contributed by atoms with Crippen LogP contribution in [0.4, 0.5) is 9.93 Å². The van der Waals surface area contributed by atoms with Gasteiger partial charge in [-0.25, -0.2) is 9.78 Å². The van der Waals surface area contributed by atoms with Gasteiger partial charge in [-0.05, 0) is 12.3 Å². The molecule has 20 heavy (non-hydrogen) atoms. The first kappa shape index (κ1) is 16.7. The number of aliphatic hydroxyl groups is 1. The van der Waals surface area contributed by atoms with Gasteiger partial charge in [-0.15, -0.1) is 11.3 Å². The average Bonchev–Trinajstić information content (AvgIpc) is 2.84. The lowest BCUT2D eigenvalue weighted by Crippen LogP contribution is -2.44. The van der Waals surface area contributed by atoms with Gasteiger partial charge in [0.15, 0.2) is 5.13 Å². The lowest BCUT2D eigenvalue weighted by Gasteiger charge is -2.18. The van der Waals surface area contributed by atoms with Gasteiger partial charge in [0.1, 0.15) is 0 Å². The number of thiazole rings is 1. The number of aliphatic hydroxyl groups excluding tert-OH is 1. The number of carbonyl (C=O) groups excluding carboxylic acids is 1. The monoisotopic (exact) mass is 300 g/mol. The van der Waals surface area contributed by atoms with E-state index in [1.165, 1.54) is 11.3 Å². The van der Waals surface area contributed by atoms with E-state index in [9.17, 15) is 9.90 Å². The van der Waals surface area contributed by atoms with E-state index >= 15 is 0 Å². The van der Waals surface area contributed by atoms with Crippen LogP contribution in [0.25, 0.3) is 0 Å². The second-order valence-corrected chi connectivity index (χ2v) is 6.19. The lowest BCUT2D eigenvalue weighted by molar-refractivity contribution is 0.206. The van der Waals surface area contributed by atoms with Crippen molar-refractivity contribution in [1.29, 1.82) is 0 Å². The van der Waals surface area contributed by atoms with Crippen LogP contribution in [0.1, 0.15) is 26.0 Å². The third kappa shape index (κ3) is 5.75.